The quantitative estimate of drug-likeness (QED) is 0.490. The van der Waals surface area contributed by atoms with Crippen molar-refractivity contribution in [3.63, 3.8) is 0 Å². The number of pyridine rings is 1. The molecule has 0 amide bonds. The summed E-state index contributed by atoms with van der Waals surface area (Å²) in [6.07, 6.45) is 0. The van der Waals surface area contributed by atoms with E-state index in [0.29, 0.717) is 0 Å². The van der Waals surface area contributed by atoms with Crippen LogP contribution in [0.5, 0.6) is 0 Å². The van der Waals surface area contributed by atoms with E-state index in [0.717, 1.165) is 9.22 Å². The molecule has 0 fully saturated rings. The van der Waals surface area contributed by atoms with Crippen LogP contribution >= 0.6 is 45.2 Å². The predicted molar refractivity (Wildman–Crippen MR) is 71.9 cm³/mol. The normalized spacial score (nSPS) is 10.7. The van der Waals surface area contributed by atoms with Crippen LogP contribution < -0.4 is 0 Å². The summed E-state index contributed by atoms with van der Waals surface area (Å²) in [5.41, 5.74) is 2.39. The maximum atomic E-state index is 4.48. The van der Waals surface area contributed by atoms with Crippen molar-refractivity contribution in [2.45, 2.75) is 6.92 Å². The van der Waals surface area contributed by atoms with Crippen molar-refractivity contribution in [3.8, 4) is 0 Å². The third-order valence-corrected chi connectivity index (χ3v) is 3.37. The number of rotatable bonds is 0. The number of hydrogen-bond donors (Lipinski definition) is 0. The van der Waals surface area contributed by atoms with Gasteiger partial charge in [-0.1, -0.05) is 12.1 Å². The minimum atomic E-state index is 1.06. The fourth-order valence-electron chi connectivity index (χ4n) is 1.38. The number of halogens is 2. The first-order chi connectivity index (χ1) is 6.18. The van der Waals surface area contributed by atoms with E-state index in [4.69, 9.17) is 0 Å². The lowest BCUT2D eigenvalue weighted by molar-refractivity contribution is 1.32. The van der Waals surface area contributed by atoms with Crippen LogP contribution in [0, 0.1) is 14.2 Å². The van der Waals surface area contributed by atoms with E-state index in [1.807, 2.05) is 0 Å². The molecule has 0 unspecified atom stereocenters. The standard InChI is InChI=1S/C10H7I2N/c1-6-3-2-4-8-10(6)7(11)5-9(12)13-8/h2-5H,1H3. The first-order valence-electron chi connectivity index (χ1n) is 3.90. The number of aryl methyl sites for hydroxylation is 1. The first-order valence-corrected chi connectivity index (χ1v) is 6.05. The molecule has 0 atom stereocenters. The van der Waals surface area contributed by atoms with Crippen molar-refractivity contribution < 1.29 is 0 Å². The van der Waals surface area contributed by atoms with Gasteiger partial charge < -0.3 is 0 Å². The molecule has 1 aromatic heterocycles. The molecular weight excluding hydrogens is 388 g/mol. The Morgan fingerprint density at radius 3 is 2.77 bits per heavy atom. The molecule has 1 nitrogen and oxygen atoms in total. The average Bonchev–Trinajstić information content (AvgIpc) is 2.02. The number of hydrogen-bond acceptors (Lipinski definition) is 1. The summed E-state index contributed by atoms with van der Waals surface area (Å²) in [5.74, 6) is 0. The molecule has 0 aliphatic carbocycles. The summed E-state index contributed by atoms with van der Waals surface area (Å²) in [6, 6.07) is 8.35. The zero-order valence-electron chi connectivity index (χ0n) is 7.01. The Labute approximate surface area is 104 Å². The maximum Gasteiger partial charge on any atom is 0.103 e. The minimum absolute atomic E-state index is 1.06. The molecule has 2 aromatic rings. The van der Waals surface area contributed by atoms with Crippen LogP contribution in [-0.4, -0.2) is 4.98 Å². The van der Waals surface area contributed by atoms with Gasteiger partial charge in [0.05, 0.1) is 5.52 Å². The molecule has 2 rings (SSSR count). The number of aromatic nitrogens is 1. The highest BCUT2D eigenvalue weighted by Gasteiger charge is 2.03. The lowest BCUT2D eigenvalue weighted by Gasteiger charge is -2.03. The van der Waals surface area contributed by atoms with Crippen LogP contribution in [0.2, 0.25) is 0 Å². The van der Waals surface area contributed by atoms with Gasteiger partial charge in [-0.2, -0.15) is 0 Å². The number of benzene rings is 1. The van der Waals surface area contributed by atoms with Gasteiger partial charge in [-0.15, -0.1) is 0 Å². The lowest BCUT2D eigenvalue weighted by atomic mass is 10.1. The topological polar surface area (TPSA) is 12.9 Å². The van der Waals surface area contributed by atoms with Gasteiger partial charge in [-0.3, -0.25) is 0 Å². The molecule has 0 aliphatic rings. The van der Waals surface area contributed by atoms with Crippen molar-refractivity contribution in [1.82, 2.24) is 4.98 Å². The molecule has 0 bridgehead atoms. The Morgan fingerprint density at radius 1 is 1.23 bits per heavy atom. The van der Waals surface area contributed by atoms with Crippen LogP contribution in [0.4, 0.5) is 0 Å². The second kappa shape index (κ2) is 3.68. The zero-order valence-corrected chi connectivity index (χ0v) is 11.3. The van der Waals surface area contributed by atoms with E-state index in [1.165, 1.54) is 14.5 Å². The Morgan fingerprint density at radius 2 is 2.00 bits per heavy atom. The van der Waals surface area contributed by atoms with Crippen molar-refractivity contribution in [2.75, 3.05) is 0 Å². The van der Waals surface area contributed by atoms with Crippen LogP contribution in [0.15, 0.2) is 24.3 Å². The van der Waals surface area contributed by atoms with Gasteiger partial charge >= 0.3 is 0 Å². The first kappa shape index (κ1) is 9.64. The van der Waals surface area contributed by atoms with Gasteiger partial charge in [0.1, 0.15) is 3.70 Å². The molecule has 0 spiro atoms. The van der Waals surface area contributed by atoms with Crippen LogP contribution in [0.25, 0.3) is 10.9 Å². The van der Waals surface area contributed by atoms with E-state index in [1.54, 1.807) is 0 Å². The monoisotopic (exact) mass is 395 g/mol. The highest BCUT2D eigenvalue weighted by molar-refractivity contribution is 14.1. The molecule has 0 saturated heterocycles. The van der Waals surface area contributed by atoms with Gasteiger partial charge in [0, 0.05) is 8.96 Å². The second-order valence-corrected chi connectivity index (χ2v) is 5.16. The highest BCUT2D eigenvalue weighted by atomic mass is 127. The summed E-state index contributed by atoms with van der Waals surface area (Å²) in [6.45, 7) is 2.12. The van der Waals surface area contributed by atoms with Gasteiger partial charge in [-0.25, -0.2) is 4.98 Å². The van der Waals surface area contributed by atoms with Crippen LogP contribution in [0.1, 0.15) is 5.56 Å². The van der Waals surface area contributed by atoms with E-state index >= 15 is 0 Å². The van der Waals surface area contributed by atoms with Gasteiger partial charge in [0.2, 0.25) is 0 Å². The van der Waals surface area contributed by atoms with Crippen molar-refractivity contribution in [1.29, 1.82) is 0 Å². The molecular formula is C10H7I2N. The fraction of sp³-hybridized carbons (Fsp3) is 0.100. The van der Waals surface area contributed by atoms with Gasteiger partial charge in [0.25, 0.3) is 0 Å². The molecule has 3 heteroatoms. The fourth-order valence-corrected chi connectivity index (χ4v) is 3.54. The van der Waals surface area contributed by atoms with Crippen LogP contribution in [0.3, 0.4) is 0 Å². The van der Waals surface area contributed by atoms with Crippen LogP contribution in [-0.2, 0) is 0 Å². The molecule has 66 valence electrons. The average molecular weight is 395 g/mol. The molecule has 1 aromatic carbocycles. The molecule has 0 aliphatic heterocycles. The molecule has 0 saturated carbocycles. The Hall–Kier alpha value is 0.0900. The molecule has 1 heterocycles. The third-order valence-electron chi connectivity index (χ3n) is 1.96. The van der Waals surface area contributed by atoms with Gasteiger partial charge in [0.15, 0.2) is 0 Å². The smallest absolute Gasteiger partial charge is 0.103 e. The predicted octanol–water partition coefficient (Wildman–Crippen LogP) is 3.75. The Kier molecular flexibility index (Phi) is 2.73. The van der Waals surface area contributed by atoms with Gasteiger partial charge in [-0.05, 0) is 69.8 Å². The van der Waals surface area contributed by atoms with Crippen molar-refractivity contribution >= 4 is 56.1 Å². The maximum absolute atomic E-state index is 4.48. The Bertz CT molecular complexity index is 466. The molecule has 0 N–H and O–H groups in total. The third kappa shape index (κ3) is 1.81. The summed E-state index contributed by atoms with van der Waals surface area (Å²) < 4.78 is 2.34. The molecule has 13 heavy (non-hydrogen) atoms. The summed E-state index contributed by atoms with van der Waals surface area (Å²) >= 11 is 4.61. The Balaban J connectivity index is 2.94. The summed E-state index contributed by atoms with van der Waals surface area (Å²) in [7, 11) is 0. The van der Waals surface area contributed by atoms with E-state index in [-0.39, 0.29) is 0 Å². The highest BCUT2D eigenvalue weighted by Crippen LogP contribution is 2.23. The van der Waals surface area contributed by atoms with E-state index < -0.39 is 0 Å². The SMILES string of the molecule is Cc1cccc2nc(I)cc(I)c12. The lowest BCUT2D eigenvalue weighted by Crippen LogP contribution is -1.88. The number of nitrogens with zero attached hydrogens (tertiary/aromatic N) is 1. The summed E-state index contributed by atoms with van der Waals surface area (Å²) in [5, 5.41) is 1.28. The van der Waals surface area contributed by atoms with E-state index in [2.05, 4.69) is 81.4 Å². The van der Waals surface area contributed by atoms with Crippen molar-refractivity contribution in [2.24, 2.45) is 0 Å². The zero-order chi connectivity index (χ0) is 9.42. The summed E-state index contributed by atoms with van der Waals surface area (Å²) in [4.78, 5) is 4.48. The van der Waals surface area contributed by atoms with Crippen molar-refractivity contribution in [3.05, 3.63) is 37.1 Å². The number of fused-ring (bicyclic) bond motifs is 1. The second-order valence-electron chi connectivity index (χ2n) is 2.90. The largest absolute Gasteiger partial charge is 0.242 e. The minimum Gasteiger partial charge on any atom is -0.242 e. The molecule has 0 radical (unpaired) electrons. The van der Waals surface area contributed by atoms with E-state index in [9.17, 15) is 0 Å².